The maximum absolute atomic E-state index is 12.7. The molecule has 4 aromatic rings. The number of thiophene rings is 1. The van der Waals surface area contributed by atoms with Gasteiger partial charge in [0.2, 0.25) is 0 Å². The summed E-state index contributed by atoms with van der Waals surface area (Å²) in [6, 6.07) is 23.0. The molecular formula is C23H18N4O4S. The van der Waals surface area contributed by atoms with Gasteiger partial charge in [0.05, 0.1) is 10.6 Å². The Kier molecular flexibility index (Phi) is 6.38. The van der Waals surface area contributed by atoms with E-state index in [1.807, 2.05) is 47.8 Å². The zero-order valence-electron chi connectivity index (χ0n) is 16.7. The van der Waals surface area contributed by atoms with Gasteiger partial charge < -0.3 is 4.74 Å². The third-order valence-corrected chi connectivity index (χ3v) is 5.27. The first-order valence-electron chi connectivity index (χ1n) is 9.62. The van der Waals surface area contributed by atoms with E-state index >= 15 is 0 Å². The van der Waals surface area contributed by atoms with Gasteiger partial charge in [0, 0.05) is 11.6 Å². The van der Waals surface area contributed by atoms with Gasteiger partial charge in [-0.1, -0.05) is 42.5 Å². The molecule has 0 saturated heterocycles. The molecule has 2 aromatic heterocycles. The summed E-state index contributed by atoms with van der Waals surface area (Å²) < 4.78 is 6.64. The SMILES string of the molecule is O=C(COC(=O)c1cc(-c2cccs2)nn1-c1ccccc1)NNC(=O)c1ccccc1. The average molecular weight is 446 g/mol. The standard InChI is InChI=1S/C23H18N4O4S/c28-21(24-25-22(29)16-8-3-1-4-9-16)15-31-23(30)19-14-18(20-12-7-13-32-20)26-27(19)17-10-5-2-6-11-17/h1-14H,15H2,(H,24,28)(H,25,29). The van der Waals surface area contributed by atoms with E-state index in [2.05, 4.69) is 16.0 Å². The highest BCUT2D eigenvalue weighted by Crippen LogP contribution is 2.26. The summed E-state index contributed by atoms with van der Waals surface area (Å²) in [6.07, 6.45) is 0. The Hall–Kier alpha value is -4.24. The number of hydrogen-bond donors (Lipinski definition) is 2. The van der Waals surface area contributed by atoms with Crippen LogP contribution in [-0.2, 0) is 9.53 Å². The minimum atomic E-state index is -0.714. The first-order valence-corrected chi connectivity index (χ1v) is 10.5. The number of nitrogens with zero attached hydrogens (tertiary/aromatic N) is 2. The highest BCUT2D eigenvalue weighted by atomic mass is 32.1. The van der Waals surface area contributed by atoms with Crippen LogP contribution in [0.4, 0.5) is 0 Å². The van der Waals surface area contributed by atoms with E-state index < -0.39 is 24.4 Å². The normalized spacial score (nSPS) is 10.4. The van der Waals surface area contributed by atoms with E-state index in [4.69, 9.17) is 4.74 Å². The maximum Gasteiger partial charge on any atom is 0.357 e. The van der Waals surface area contributed by atoms with Gasteiger partial charge in [0.1, 0.15) is 5.69 Å². The molecule has 160 valence electrons. The van der Waals surface area contributed by atoms with Gasteiger partial charge in [-0.3, -0.25) is 20.4 Å². The molecule has 0 spiro atoms. The largest absolute Gasteiger partial charge is 0.451 e. The molecule has 4 rings (SSSR count). The third kappa shape index (κ3) is 4.90. The van der Waals surface area contributed by atoms with Crippen molar-refractivity contribution in [1.29, 1.82) is 0 Å². The number of benzene rings is 2. The number of hydrogen-bond acceptors (Lipinski definition) is 6. The third-order valence-electron chi connectivity index (χ3n) is 4.38. The summed E-state index contributed by atoms with van der Waals surface area (Å²) in [6.45, 7) is -0.567. The molecule has 0 saturated carbocycles. The zero-order valence-corrected chi connectivity index (χ0v) is 17.5. The van der Waals surface area contributed by atoms with Crippen LogP contribution in [0.3, 0.4) is 0 Å². The van der Waals surface area contributed by atoms with Crippen LogP contribution in [0.15, 0.2) is 84.2 Å². The van der Waals surface area contributed by atoms with Gasteiger partial charge in [0.25, 0.3) is 11.8 Å². The Morgan fingerprint density at radius 1 is 0.906 bits per heavy atom. The van der Waals surface area contributed by atoms with Crippen LogP contribution >= 0.6 is 11.3 Å². The molecule has 0 unspecified atom stereocenters. The van der Waals surface area contributed by atoms with Crippen LogP contribution in [0, 0.1) is 0 Å². The monoisotopic (exact) mass is 446 g/mol. The van der Waals surface area contributed by atoms with E-state index in [1.165, 1.54) is 16.0 Å². The summed E-state index contributed by atoms with van der Waals surface area (Å²) in [5.41, 5.74) is 6.37. The molecule has 32 heavy (non-hydrogen) atoms. The van der Waals surface area contributed by atoms with Crippen molar-refractivity contribution in [3.63, 3.8) is 0 Å². The molecule has 2 aromatic carbocycles. The summed E-state index contributed by atoms with van der Waals surface area (Å²) >= 11 is 1.50. The van der Waals surface area contributed by atoms with Crippen molar-refractivity contribution < 1.29 is 19.1 Å². The Bertz CT molecular complexity index is 1220. The average Bonchev–Trinajstić information content (AvgIpc) is 3.52. The predicted molar refractivity (Wildman–Crippen MR) is 119 cm³/mol. The Morgan fingerprint density at radius 3 is 2.31 bits per heavy atom. The number of carbonyl (C=O) groups excluding carboxylic acids is 3. The quantitative estimate of drug-likeness (QED) is 0.350. The second-order valence-corrected chi connectivity index (χ2v) is 7.53. The minimum Gasteiger partial charge on any atom is -0.451 e. The molecule has 8 nitrogen and oxygen atoms in total. The van der Waals surface area contributed by atoms with E-state index in [0.717, 1.165) is 4.88 Å². The van der Waals surface area contributed by atoms with Crippen LogP contribution in [-0.4, -0.2) is 34.2 Å². The van der Waals surface area contributed by atoms with Crippen LogP contribution in [0.25, 0.3) is 16.3 Å². The number of para-hydroxylation sites is 1. The number of hydrazine groups is 1. The Labute approximate surface area is 187 Å². The summed E-state index contributed by atoms with van der Waals surface area (Å²) in [7, 11) is 0. The Morgan fingerprint density at radius 2 is 1.62 bits per heavy atom. The van der Waals surface area contributed by atoms with Crippen molar-refractivity contribution in [3.05, 3.63) is 95.5 Å². The zero-order chi connectivity index (χ0) is 22.3. The van der Waals surface area contributed by atoms with E-state index in [9.17, 15) is 14.4 Å². The maximum atomic E-state index is 12.7. The lowest BCUT2D eigenvalue weighted by Gasteiger charge is -2.09. The molecule has 9 heteroatoms. The molecule has 0 fully saturated rings. The van der Waals surface area contributed by atoms with Gasteiger partial charge in [-0.25, -0.2) is 9.48 Å². The fraction of sp³-hybridized carbons (Fsp3) is 0.0435. The lowest BCUT2D eigenvalue weighted by atomic mass is 10.2. The summed E-state index contributed by atoms with van der Waals surface area (Å²) in [4.78, 5) is 37.7. The second-order valence-electron chi connectivity index (χ2n) is 6.58. The highest BCUT2D eigenvalue weighted by molar-refractivity contribution is 7.13. The highest BCUT2D eigenvalue weighted by Gasteiger charge is 2.20. The number of amides is 2. The molecular weight excluding hydrogens is 428 g/mol. The number of nitrogens with one attached hydrogen (secondary N) is 2. The van der Waals surface area contributed by atoms with Crippen LogP contribution in [0.2, 0.25) is 0 Å². The van der Waals surface area contributed by atoms with Crippen molar-refractivity contribution in [2.75, 3.05) is 6.61 Å². The van der Waals surface area contributed by atoms with Gasteiger partial charge in [-0.05, 0) is 35.7 Å². The molecule has 2 N–H and O–H groups in total. The molecule has 0 aliphatic carbocycles. The van der Waals surface area contributed by atoms with E-state index in [0.29, 0.717) is 16.9 Å². The smallest absolute Gasteiger partial charge is 0.357 e. The lowest BCUT2D eigenvalue weighted by molar-refractivity contribution is -0.125. The number of aromatic nitrogens is 2. The molecule has 0 aliphatic heterocycles. The van der Waals surface area contributed by atoms with Crippen molar-refractivity contribution >= 4 is 29.1 Å². The number of rotatable bonds is 6. The minimum absolute atomic E-state index is 0.181. The molecule has 2 heterocycles. The second kappa shape index (κ2) is 9.71. The first kappa shape index (κ1) is 21.0. The summed E-state index contributed by atoms with van der Waals surface area (Å²) in [5.74, 6) is -1.87. The fourth-order valence-corrected chi connectivity index (χ4v) is 3.55. The van der Waals surface area contributed by atoms with Gasteiger partial charge >= 0.3 is 5.97 Å². The van der Waals surface area contributed by atoms with Crippen LogP contribution in [0.1, 0.15) is 20.8 Å². The Balaban J connectivity index is 1.42. The lowest BCUT2D eigenvalue weighted by Crippen LogP contribution is -2.43. The molecule has 2 amide bonds. The number of ether oxygens (including phenoxy) is 1. The van der Waals surface area contributed by atoms with Crippen LogP contribution < -0.4 is 10.9 Å². The van der Waals surface area contributed by atoms with E-state index in [-0.39, 0.29) is 5.69 Å². The van der Waals surface area contributed by atoms with Crippen molar-refractivity contribution in [1.82, 2.24) is 20.6 Å². The number of esters is 1. The topological polar surface area (TPSA) is 102 Å². The first-order chi connectivity index (χ1) is 15.6. The molecule has 0 bridgehead atoms. The van der Waals surface area contributed by atoms with Gasteiger partial charge in [-0.15, -0.1) is 11.3 Å². The van der Waals surface area contributed by atoms with Crippen molar-refractivity contribution in [3.8, 4) is 16.3 Å². The van der Waals surface area contributed by atoms with Crippen molar-refractivity contribution in [2.45, 2.75) is 0 Å². The summed E-state index contributed by atoms with van der Waals surface area (Å²) in [5, 5.41) is 6.45. The van der Waals surface area contributed by atoms with Crippen LogP contribution in [0.5, 0.6) is 0 Å². The predicted octanol–water partition coefficient (Wildman–Crippen LogP) is 3.22. The van der Waals surface area contributed by atoms with Gasteiger partial charge in [-0.2, -0.15) is 5.10 Å². The molecule has 0 aliphatic rings. The molecule has 0 atom stereocenters. The number of carbonyl (C=O) groups is 3. The molecule has 0 radical (unpaired) electrons. The van der Waals surface area contributed by atoms with Crippen molar-refractivity contribution in [2.24, 2.45) is 0 Å². The van der Waals surface area contributed by atoms with Gasteiger partial charge in [0.15, 0.2) is 12.3 Å². The van der Waals surface area contributed by atoms with E-state index in [1.54, 1.807) is 36.4 Å². The fourth-order valence-electron chi connectivity index (χ4n) is 2.87.